The number of likely N-dealkylation sites (tertiary alicyclic amines) is 1. The van der Waals surface area contributed by atoms with Gasteiger partial charge in [-0.3, -0.25) is 24.1 Å². The number of carbonyl (C=O) groups excluding carboxylic acids is 4. The van der Waals surface area contributed by atoms with Gasteiger partial charge < -0.3 is 9.84 Å². The number of imide groups is 1. The molecule has 0 saturated carbocycles. The van der Waals surface area contributed by atoms with E-state index in [0.29, 0.717) is 28.9 Å². The highest BCUT2D eigenvalue weighted by Gasteiger charge is 2.56. The molecule has 1 N–H and O–H groups in total. The Balaban J connectivity index is 1.40. The van der Waals surface area contributed by atoms with E-state index in [9.17, 15) is 19.2 Å². The van der Waals surface area contributed by atoms with E-state index in [1.54, 1.807) is 19.1 Å². The number of fused-ring (bicyclic) bond motifs is 3. The van der Waals surface area contributed by atoms with Crippen molar-refractivity contribution in [2.45, 2.75) is 32.2 Å². The Morgan fingerprint density at radius 1 is 0.949 bits per heavy atom. The van der Waals surface area contributed by atoms with Crippen LogP contribution in [0.4, 0.5) is 0 Å². The third kappa shape index (κ3) is 4.17. The Hall–Kier alpha value is -4.10. The molecule has 198 valence electrons. The number of benzene rings is 2. The molecule has 39 heavy (non-hydrogen) atoms. The largest absolute Gasteiger partial charge is 0.491 e. The number of rotatable bonds is 6. The number of amides is 2. The third-order valence-electron chi connectivity index (χ3n) is 8.41. The predicted molar refractivity (Wildman–Crippen MR) is 142 cm³/mol. The fourth-order valence-electron chi connectivity index (χ4n) is 6.67. The SMILES string of the molecule is CC1=CC(=O)C2=C(C[C@@H]3C(=CC[C@@H]4C(=O)N(Cc5ccccc5)C(=O)[C@@H]43)[C@@H]2c2ccc(OCCO)cc2)C1=O. The number of ether oxygens (including phenoxy) is 1. The lowest BCUT2D eigenvalue weighted by atomic mass is 9.59. The van der Waals surface area contributed by atoms with E-state index in [1.165, 1.54) is 11.0 Å². The molecular weight excluding hydrogens is 494 g/mol. The molecule has 4 atom stereocenters. The molecule has 2 aromatic carbocycles. The van der Waals surface area contributed by atoms with E-state index < -0.39 is 17.8 Å². The lowest BCUT2D eigenvalue weighted by Crippen LogP contribution is -2.39. The van der Waals surface area contributed by atoms with E-state index in [4.69, 9.17) is 9.84 Å². The molecule has 1 heterocycles. The number of aliphatic hydroxyl groups excluding tert-OH is 1. The minimum Gasteiger partial charge on any atom is -0.491 e. The molecule has 6 rings (SSSR count). The minimum atomic E-state index is -0.570. The maximum Gasteiger partial charge on any atom is 0.234 e. The molecular formula is C32H29NO6. The second kappa shape index (κ2) is 9.89. The maximum absolute atomic E-state index is 13.8. The van der Waals surface area contributed by atoms with Gasteiger partial charge in [-0.2, -0.15) is 0 Å². The van der Waals surface area contributed by atoms with Crippen molar-refractivity contribution in [2.24, 2.45) is 17.8 Å². The summed E-state index contributed by atoms with van der Waals surface area (Å²) in [6, 6.07) is 16.7. The number of aliphatic hydroxyl groups is 1. The van der Waals surface area contributed by atoms with Crippen LogP contribution in [0.25, 0.3) is 0 Å². The number of hydrogen-bond donors (Lipinski definition) is 1. The molecule has 3 aliphatic carbocycles. The van der Waals surface area contributed by atoms with Crippen molar-refractivity contribution in [2.75, 3.05) is 13.2 Å². The van der Waals surface area contributed by atoms with Gasteiger partial charge in [0.1, 0.15) is 12.4 Å². The van der Waals surface area contributed by atoms with E-state index in [2.05, 4.69) is 0 Å². The topological polar surface area (TPSA) is 101 Å². The van der Waals surface area contributed by atoms with Crippen LogP contribution >= 0.6 is 0 Å². The van der Waals surface area contributed by atoms with Crippen molar-refractivity contribution >= 4 is 23.4 Å². The Labute approximate surface area is 226 Å². The number of hydrogen-bond acceptors (Lipinski definition) is 6. The summed E-state index contributed by atoms with van der Waals surface area (Å²) < 4.78 is 5.51. The zero-order valence-electron chi connectivity index (χ0n) is 21.6. The Morgan fingerprint density at radius 2 is 1.69 bits per heavy atom. The van der Waals surface area contributed by atoms with Gasteiger partial charge in [-0.25, -0.2) is 0 Å². The van der Waals surface area contributed by atoms with Crippen LogP contribution in [0.2, 0.25) is 0 Å². The molecule has 2 aromatic rings. The third-order valence-corrected chi connectivity index (χ3v) is 8.41. The van der Waals surface area contributed by atoms with Crippen molar-refractivity contribution < 1.29 is 29.0 Å². The number of carbonyl (C=O) groups is 4. The molecule has 2 amide bonds. The molecule has 0 unspecified atom stereocenters. The first-order valence-corrected chi connectivity index (χ1v) is 13.3. The van der Waals surface area contributed by atoms with Gasteiger partial charge in [0.05, 0.1) is 25.0 Å². The number of nitrogens with zero attached hydrogens (tertiary/aromatic N) is 1. The Bertz CT molecular complexity index is 1470. The Kier molecular flexibility index (Phi) is 6.39. The average molecular weight is 524 g/mol. The van der Waals surface area contributed by atoms with Gasteiger partial charge in [0.25, 0.3) is 0 Å². The van der Waals surface area contributed by atoms with Crippen molar-refractivity contribution in [3.63, 3.8) is 0 Å². The van der Waals surface area contributed by atoms with E-state index >= 15 is 0 Å². The summed E-state index contributed by atoms with van der Waals surface area (Å²) in [5.74, 6) is -2.03. The van der Waals surface area contributed by atoms with Crippen LogP contribution in [0.1, 0.15) is 36.8 Å². The first kappa shape index (κ1) is 25.2. The summed E-state index contributed by atoms with van der Waals surface area (Å²) >= 11 is 0. The predicted octanol–water partition coefficient (Wildman–Crippen LogP) is 3.69. The normalized spacial score (nSPS) is 26.2. The van der Waals surface area contributed by atoms with Gasteiger partial charge in [0.2, 0.25) is 11.8 Å². The molecule has 0 radical (unpaired) electrons. The zero-order chi connectivity index (χ0) is 27.3. The van der Waals surface area contributed by atoms with Crippen molar-refractivity contribution in [3.8, 4) is 5.75 Å². The molecule has 0 aromatic heterocycles. The van der Waals surface area contributed by atoms with Crippen LogP contribution in [0.5, 0.6) is 5.75 Å². The van der Waals surface area contributed by atoms with Crippen molar-refractivity contribution in [1.29, 1.82) is 0 Å². The summed E-state index contributed by atoms with van der Waals surface area (Å²) in [6.45, 7) is 1.93. The molecule has 1 aliphatic heterocycles. The molecule has 7 nitrogen and oxygen atoms in total. The summed E-state index contributed by atoms with van der Waals surface area (Å²) in [4.78, 5) is 55.4. The molecule has 4 aliphatic rings. The summed E-state index contributed by atoms with van der Waals surface area (Å²) in [6.07, 6.45) is 4.12. The number of allylic oxidation sites excluding steroid dienone is 6. The van der Waals surface area contributed by atoms with Crippen LogP contribution in [-0.4, -0.2) is 46.6 Å². The van der Waals surface area contributed by atoms with Gasteiger partial charge in [0, 0.05) is 22.6 Å². The van der Waals surface area contributed by atoms with Crippen LogP contribution in [0.15, 0.2) is 89.0 Å². The zero-order valence-corrected chi connectivity index (χ0v) is 21.6. The van der Waals surface area contributed by atoms with E-state index in [1.807, 2.05) is 48.5 Å². The lowest BCUT2D eigenvalue weighted by Gasteiger charge is -2.42. The van der Waals surface area contributed by atoms with Crippen LogP contribution in [0.3, 0.4) is 0 Å². The fraction of sp³-hybridized carbons (Fsp3) is 0.312. The summed E-state index contributed by atoms with van der Waals surface area (Å²) in [5, 5.41) is 9.07. The standard InChI is InChI=1S/C32H29NO6/c1-18-15-26(35)29-25(30(18)36)16-24-22(27(29)20-7-9-21(10-8-20)39-14-13-34)11-12-23-28(24)32(38)33(31(23)37)17-19-5-3-2-4-6-19/h2-11,15,23-24,27-28,34H,12-14,16-17H2,1H3/t23-,24+,27-,28-/m0/s1. The number of Topliss-reactive ketones (excluding diaryl/α,β-unsaturated/α-hetero) is 1. The van der Waals surface area contributed by atoms with Crippen LogP contribution in [-0.2, 0) is 25.7 Å². The smallest absolute Gasteiger partial charge is 0.234 e. The lowest BCUT2D eigenvalue weighted by molar-refractivity contribution is -0.140. The van der Waals surface area contributed by atoms with Gasteiger partial charge >= 0.3 is 0 Å². The van der Waals surface area contributed by atoms with Gasteiger partial charge in [0.15, 0.2) is 11.6 Å². The fourth-order valence-corrected chi connectivity index (χ4v) is 6.67. The van der Waals surface area contributed by atoms with Crippen LogP contribution < -0.4 is 4.74 Å². The highest BCUT2D eigenvalue weighted by Crippen LogP contribution is 2.55. The van der Waals surface area contributed by atoms with Crippen molar-refractivity contribution in [3.05, 3.63) is 100 Å². The van der Waals surface area contributed by atoms with E-state index in [-0.39, 0.29) is 55.5 Å². The monoisotopic (exact) mass is 523 g/mol. The van der Waals surface area contributed by atoms with Gasteiger partial charge in [-0.05, 0) is 55.0 Å². The van der Waals surface area contributed by atoms with Gasteiger partial charge in [-0.15, -0.1) is 0 Å². The second-order valence-electron chi connectivity index (χ2n) is 10.6. The van der Waals surface area contributed by atoms with Crippen LogP contribution in [0, 0.1) is 17.8 Å². The molecule has 7 heteroatoms. The number of ketones is 2. The molecule has 0 bridgehead atoms. The first-order chi connectivity index (χ1) is 18.9. The highest BCUT2D eigenvalue weighted by molar-refractivity contribution is 6.23. The quantitative estimate of drug-likeness (QED) is 0.352. The second-order valence-corrected chi connectivity index (χ2v) is 10.6. The minimum absolute atomic E-state index is 0.103. The highest BCUT2D eigenvalue weighted by atomic mass is 16.5. The Morgan fingerprint density at radius 3 is 2.41 bits per heavy atom. The first-order valence-electron chi connectivity index (χ1n) is 13.3. The molecule has 1 fully saturated rings. The molecule has 1 saturated heterocycles. The summed E-state index contributed by atoms with van der Waals surface area (Å²) in [5.41, 5.74) is 3.94. The average Bonchev–Trinajstić information content (AvgIpc) is 3.19. The molecule has 0 spiro atoms. The van der Waals surface area contributed by atoms with Crippen molar-refractivity contribution in [1.82, 2.24) is 4.90 Å². The van der Waals surface area contributed by atoms with E-state index in [0.717, 1.165) is 16.7 Å². The summed E-state index contributed by atoms with van der Waals surface area (Å²) in [7, 11) is 0. The van der Waals surface area contributed by atoms with Gasteiger partial charge in [-0.1, -0.05) is 54.1 Å². The maximum atomic E-state index is 13.8.